The number of aryl methyl sites for hydroxylation is 2. The lowest BCUT2D eigenvalue weighted by Gasteiger charge is -2.15. The van der Waals surface area contributed by atoms with Crippen molar-refractivity contribution < 1.29 is 22.0 Å². The molecule has 0 aliphatic rings. The minimum atomic E-state index is -4.52. The number of nitrogens with zero attached hydrogens (tertiary/aromatic N) is 3. The number of anilines is 1. The number of benzene rings is 4. The number of hydrogen-bond acceptors (Lipinski definition) is 6. The van der Waals surface area contributed by atoms with Crippen LogP contribution in [0.3, 0.4) is 0 Å². The zero-order valence-corrected chi connectivity index (χ0v) is 28.5. The Kier molecular flexibility index (Phi) is 10.8. The van der Waals surface area contributed by atoms with Crippen molar-refractivity contribution in [2.45, 2.75) is 57.3 Å². The van der Waals surface area contributed by atoms with Gasteiger partial charge in [0.2, 0.25) is 0 Å². The third-order valence-corrected chi connectivity index (χ3v) is 9.80. The van der Waals surface area contributed by atoms with Crippen molar-refractivity contribution >= 4 is 33.2 Å². The van der Waals surface area contributed by atoms with E-state index in [0.29, 0.717) is 40.5 Å². The van der Waals surface area contributed by atoms with Crippen LogP contribution in [0.25, 0.3) is 16.8 Å². The number of nitrogens with two attached hydrogens (primary N) is 1. The Bertz CT molecular complexity index is 2200. The lowest BCUT2D eigenvalue weighted by atomic mass is 9.96. The Morgan fingerprint density at radius 1 is 0.980 bits per heavy atom. The van der Waals surface area contributed by atoms with Crippen LogP contribution >= 0.6 is 11.6 Å². The Morgan fingerprint density at radius 2 is 1.76 bits per heavy atom. The molecule has 0 aliphatic carbocycles. The predicted molar refractivity (Wildman–Crippen MR) is 186 cm³/mol. The summed E-state index contributed by atoms with van der Waals surface area (Å²) in [6.45, 7) is 4.00. The quantitative estimate of drug-likeness (QED) is 0.127. The van der Waals surface area contributed by atoms with E-state index in [2.05, 4.69) is 6.07 Å². The Hall–Kier alpha value is -5.05. The number of unbranched alkanes of at least 4 members (excludes halogenated alkanes) is 1. The van der Waals surface area contributed by atoms with Crippen molar-refractivity contribution in [2.75, 3.05) is 5.73 Å². The van der Waals surface area contributed by atoms with Gasteiger partial charge >= 0.3 is 0 Å². The van der Waals surface area contributed by atoms with Gasteiger partial charge in [-0.25, -0.2) is 26.6 Å². The van der Waals surface area contributed by atoms with E-state index in [1.807, 2.05) is 18.6 Å². The van der Waals surface area contributed by atoms with Gasteiger partial charge in [-0.15, -0.1) is 0 Å². The molecule has 0 unspecified atom stereocenters. The van der Waals surface area contributed by atoms with Crippen LogP contribution in [-0.4, -0.2) is 24.1 Å². The Morgan fingerprint density at radius 3 is 2.45 bits per heavy atom. The van der Waals surface area contributed by atoms with Crippen LogP contribution in [0.2, 0.25) is 5.02 Å². The fraction of sp³-hybridized carbons (Fsp3) is 0.216. The minimum absolute atomic E-state index is 0.0354. The summed E-state index contributed by atoms with van der Waals surface area (Å²) in [7, 11) is -4.52. The molecule has 0 saturated heterocycles. The molecule has 252 valence electrons. The Balaban J connectivity index is 1.55. The standard InChI is InChI=1S/C37H34ClF2N5O3S/c1-3-5-11-33-29(35(22-41)45(43-33)34-21-26(42)15-16-30(34)38)19-25-14-13-24(20-32(25)40)28-18-23(8-4-2)12-17-36(28)49(47,48)44-37(46)27-9-6-7-10-31(27)39/h6-7,9-10,12-18,20-21H,3-5,8,11,19,42H2,1-2H3,(H,44,46). The normalized spacial score (nSPS) is 11.3. The van der Waals surface area contributed by atoms with E-state index in [-0.39, 0.29) is 33.7 Å². The van der Waals surface area contributed by atoms with Gasteiger partial charge < -0.3 is 5.73 Å². The monoisotopic (exact) mass is 701 g/mol. The fourth-order valence-electron chi connectivity index (χ4n) is 5.61. The maximum absolute atomic E-state index is 16.0. The van der Waals surface area contributed by atoms with Crippen LogP contribution in [-0.2, 0) is 29.3 Å². The molecule has 0 spiro atoms. The smallest absolute Gasteiger partial charge is 0.267 e. The molecule has 0 atom stereocenters. The van der Waals surface area contributed by atoms with Crippen molar-refractivity contribution in [2.24, 2.45) is 0 Å². The van der Waals surface area contributed by atoms with Gasteiger partial charge in [-0.2, -0.15) is 10.4 Å². The van der Waals surface area contributed by atoms with E-state index >= 15 is 4.39 Å². The molecule has 1 aromatic heterocycles. The first-order valence-electron chi connectivity index (χ1n) is 15.8. The van der Waals surface area contributed by atoms with Crippen molar-refractivity contribution in [3.63, 3.8) is 0 Å². The number of hydrogen-bond donors (Lipinski definition) is 2. The maximum atomic E-state index is 16.0. The van der Waals surface area contributed by atoms with E-state index < -0.39 is 33.1 Å². The number of rotatable bonds is 12. The highest BCUT2D eigenvalue weighted by atomic mass is 35.5. The summed E-state index contributed by atoms with van der Waals surface area (Å²) in [5.41, 5.74) is 9.33. The molecule has 49 heavy (non-hydrogen) atoms. The average molecular weight is 702 g/mol. The van der Waals surface area contributed by atoms with Gasteiger partial charge in [-0.05, 0) is 84.5 Å². The molecule has 1 heterocycles. The second kappa shape index (κ2) is 15.0. The summed E-state index contributed by atoms with van der Waals surface area (Å²) >= 11 is 6.46. The number of nitriles is 1. The molecule has 4 aromatic carbocycles. The van der Waals surface area contributed by atoms with Crippen LogP contribution in [0.5, 0.6) is 0 Å². The van der Waals surface area contributed by atoms with Crippen LogP contribution in [0.15, 0.2) is 83.8 Å². The first kappa shape index (κ1) is 35.3. The van der Waals surface area contributed by atoms with E-state index in [4.69, 9.17) is 22.4 Å². The van der Waals surface area contributed by atoms with Crippen LogP contribution in [0.1, 0.15) is 71.5 Å². The Labute approximate surface area is 289 Å². The molecule has 1 amide bonds. The lowest BCUT2D eigenvalue weighted by molar-refractivity contribution is 0.0977. The molecule has 0 aliphatic heterocycles. The molecular weight excluding hydrogens is 668 g/mol. The molecular formula is C37H34ClF2N5O3S. The van der Waals surface area contributed by atoms with Gasteiger partial charge in [0.25, 0.3) is 15.9 Å². The molecule has 0 bridgehead atoms. The van der Waals surface area contributed by atoms with E-state index in [9.17, 15) is 22.9 Å². The van der Waals surface area contributed by atoms with Crippen molar-refractivity contribution in [3.05, 3.63) is 129 Å². The van der Waals surface area contributed by atoms with Crippen LogP contribution in [0, 0.1) is 23.0 Å². The topological polar surface area (TPSA) is 131 Å². The van der Waals surface area contributed by atoms with Gasteiger partial charge in [0.15, 0.2) is 0 Å². The van der Waals surface area contributed by atoms with Gasteiger partial charge in [-0.1, -0.05) is 68.6 Å². The number of carbonyl (C=O) groups excluding carboxylic acids is 1. The SMILES string of the molecule is CCCCc1nn(-c2cc(N)ccc2Cl)c(C#N)c1Cc1ccc(-c2cc(CCC)ccc2S(=O)(=O)NC(=O)c2ccccc2F)cc1F. The number of nitrogens with one attached hydrogen (secondary N) is 1. The molecule has 0 radical (unpaired) electrons. The van der Waals surface area contributed by atoms with E-state index in [0.717, 1.165) is 30.9 Å². The predicted octanol–water partition coefficient (Wildman–Crippen LogP) is 7.93. The number of sulfonamides is 1. The summed E-state index contributed by atoms with van der Waals surface area (Å²) in [5.74, 6) is -2.63. The maximum Gasteiger partial charge on any atom is 0.267 e. The summed E-state index contributed by atoms with van der Waals surface area (Å²) in [5, 5.41) is 15.3. The minimum Gasteiger partial charge on any atom is -0.399 e. The summed E-state index contributed by atoms with van der Waals surface area (Å²) in [4.78, 5) is 12.5. The number of carbonyl (C=O) groups is 1. The molecule has 5 rings (SSSR count). The van der Waals surface area contributed by atoms with E-state index in [1.54, 1.807) is 42.5 Å². The molecule has 0 saturated carbocycles. The third-order valence-electron chi connectivity index (χ3n) is 8.09. The van der Waals surface area contributed by atoms with Crippen molar-refractivity contribution in [1.82, 2.24) is 14.5 Å². The number of nitrogen functional groups attached to an aromatic ring is 1. The largest absolute Gasteiger partial charge is 0.399 e. The highest BCUT2D eigenvalue weighted by molar-refractivity contribution is 7.90. The second-order valence-corrected chi connectivity index (χ2v) is 13.6. The zero-order valence-electron chi connectivity index (χ0n) is 26.9. The van der Waals surface area contributed by atoms with Gasteiger partial charge in [-0.3, -0.25) is 4.79 Å². The van der Waals surface area contributed by atoms with E-state index in [1.165, 1.54) is 35.0 Å². The van der Waals surface area contributed by atoms with Crippen LogP contribution in [0.4, 0.5) is 14.5 Å². The first-order valence-corrected chi connectivity index (χ1v) is 17.6. The number of halogens is 3. The average Bonchev–Trinajstić information content (AvgIpc) is 3.42. The number of amides is 1. The molecule has 0 fully saturated rings. The molecule has 5 aromatic rings. The summed E-state index contributed by atoms with van der Waals surface area (Å²) in [6, 6.07) is 21.1. The zero-order chi connectivity index (χ0) is 35.3. The molecule has 8 nitrogen and oxygen atoms in total. The van der Waals surface area contributed by atoms with Gasteiger partial charge in [0.1, 0.15) is 23.4 Å². The van der Waals surface area contributed by atoms with Crippen molar-refractivity contribution in [1.29, 1.82) is 5.26 Å². The van der Waals surface area contributed by atoms with Gasteiger partial charge in [0.05, 0.1) is 26.9 Å². The second-order valence-electron chi connectivity index (χ2n) is 11.6. The molecule has 3 N–H and O–H groups in total. The summed E-state index contributed by atoms with van der Waals surface area (Å²) in [6.07, 6.45) is 3.66. The first-order chi connectivity index (χ1) is 23.5. The third kappa shape index (κ3) is 7.66. The lowest BCUT2D eigenvalue weighted by Crippen LogP contribution is -2.31. The highest BCUT2D eigenvalue weighted by Gasteiger charge is 2.26. The highest BCUT2D eigenvalue weighted by Crippen LogP contribution is 2.33. The summed E-state index contributed by atoms with van der Waals surface area (Å²) < 4.78 is 60.8. The fourth-order valence-corrected chi connectivity index (χ4v) is 6.99. The van der Waals surface area contributed by atoms with Gasteiger partial charge in [0, 0.05) is 23.2 Å². The number of aromatic nitrogens is 2. The van der Waals surface area contributed by atoms with Crippen molar-refractivity contribution in [3.8, 4) is 22.9 Å². The molecule has 12 heteroatoms. The van der Waals surface area contributed by atoms with Crippen LogP contribution < -0.4 is 10.5 Å².